The summed E-state index contributed by atoms with van der Waals surface area (Å²) in [6.07, 6.45) is 9.73. The van der Waals surface area contributed by atoms with Gasteiger partial charge in [0.25, 0.3) is 5.91 Å². The summed E-state index contributed by atoms with van der Waals surface area (Å²) in [5.74, 6) is -0.548. The van der Waals surface area contributed by atoms with Crippen molar-refractivity contribution in [2.24, 2.45) is 0 Å². The summed E-state index contributed by atoms with van der Waals surface area (Å²) >= 11 is 12.7. The van der Waals surface area contributed by atoms with Crippen LogP contribution in [0.25, 0.3) is 17.0 Å². The van der Waals surface area contributed by atoms with Gasteiger partial charge in [-0.15, -0.1) is 0 Å². The van der Waals surface area contributed by atoms with Crippen molar-refractivity contribution in [1.82, 2.24) is 20.3 Å². The Bertz CT molecular complexity index is 1440. The average Bonchev–Trinajstić information content (AvgIpc) is 3.57. The van der Waals surface area contributed by atoms with Gasteiger partial charge in [0.15, 0.2) is 0 Å². The van der Waals surface area contributed by atoms with E-state index < -0.39 is 5.91 Å². The van der Waals surface area contributed by atoms with Gasteiger partial charge in [0.2, 0.25) is 0 Å². The van der Waals surface area contributed by atoms with Gasteiger partial charge in [-0.3, -0.25) is 14.9 Å². The number of amides is 1. The number of carbonyl (C=O) groups excluding carboxylic acids is 1. The number of nitrogens with one attached hydrogen (secondary N) is 3. The molecular formula is C28H28Cl2N4O2. The van der Waals surface area contributed by atoms with Crippen LogP contribution in [-0.4, -0.2) is 32.5 Å². The quantitative estimate of drug-likeness (QED) is 0.123. The minimum atomic E-state index is -0.548. The van der Waals surface area contributed by atoms with E-state index in [4.69, 9.17) is 28.4 Å². The van der Waals surface area contributed by atoms with Crippen LogP contribution in [0, 0.1) is 6.92 Å². The van der Waals surface area contributed by atoms with Crippen LogP contribution in [0.15, 0.2) is 54.9 Å². The van der Waals surface area contributed by atoms with E-state index in [9.17, 15) is 4.79 Å². The molecule has 36 heavy (non-hydrogen) atoms. The summed E-state index contributed by atoms with van der Waals surface area (Å²) in [7, 11) is 0. The molecule has 0 aliphatic heterocycles. The molecule has 6 nitrogen and oxygen atoms in total. The Morgan fingerprint density at radius 2 is 2.06 bits per heavy atom. The zero-order valence-electron chi connectivity index (χ0n) is 19.9. The van der Waals surface area contributed by atoms with E-state index in [-0.39, 0.29) is 6.04 Å². The van der Waals surface area contributed by atoms with Gasteiger partial charge in [0.05, 0.1) is 10.0 Å². The molecule has 4 N–H and O–H groups in total. The number of hydroxylamine groups is 1. The molecule has 5 rings (SSSR count). The van der Waals surface area contributed by atoms with Gasteiger partial charge >= 0.3 is 0 Å². The van der Waals surface area contributed by atoms with Crippen molar-refractivity contribution < 1.29 is 10.0 Å². The molecule has 1 amide bonds. The molecule has 4 aromatic rings. The number of nitrogens with zero attached hydrogens (tertiary/aromatic N) is 1. The van der Waals surface area contributed by atoms with E-state index in [1.54, 1.807) is 17.8 Å². The first kappa shape index (κ1) is 24.7. The second-order valence-corrected chi connectivity index (χ2v) is 10.1. The van der Waals surface area contributed by atoms with Crippen LogP contribution < -0.4 is 5.48 Å². The van der Waals surface area contributed by atoms with Crippen molar-refractivity contribution in [3.8, 4) is 0 Å². The molecule has 2 aromatic carbocycles. The molecule has 1 atom stereocenters. The second-order valence-electron chi connectivity index (χ2n) is 9.33. The van der Waals surface area contributed by atoms with Gasteiger partial charge in [0.1, 0.15) is 0 Å². The summed E-state index contributed by atoms with van der Waals surface area (Å²) in [4.78, 5) is 20.5. The lowest BCUT2D eigenvalue weighted by molar-refractivity contribution is -0.124. The molecule has 2 heterocycles. The zero-order valence-corrected chi connectivity index (χ0v) is 21.5. The number of aryl methyl sites for hydroxylation is 2. The largest absolute Gasteiger partial charge is 0.361 e. The second kappa shape index (κ2) is 10.5. The Morgan fingerprint density at radius 3 is 2.83 bits per heavy atom. The molecule has 0 spiro atoms. The third-order valence-electron chi connectivity index (χ3n) is 6.99. The van der Waals surface area contributed by atoms with Crippen molar-refractivity contribution in [1.29, 1.82) is 0 Å². The highest BCUT2D eigenvalue weighted by Gasteiger charge is 2.29. The maximum Gasteiger partial charge on any atom is 0.267 e. The standard InChI is InChI=1S/C28H28Cl2N4O2/c1-17-2-6-21-20(14-31-24(21)12-17)10-11-34(16-25-28(30)23(29)15-32-25)26-8-5-19-13-18(3-7-22(19)26)4-9-27(35)33-36/h2-4,6-7,9,12-15,26,31-32,36H,5,8,10-11,16H2,1H3,(H,33,35). The number of hydrogen-bond acceptors (Lipinski definition) is 3. The van der Waals surface area contributed by atoms with Gasteiger partial charge in [-0.25, -0.2) is 5.48 Å². The first-order valence-electron chi connectivity index (χ1n) is 12.0. The van der Waals surface area contributed by atoms with E-state index in [1.807, 2.05) is 6.07 Å². The Morgan fingerprint density at radius 1 is 1.19 bits per heavy atom. The summed E-state index contributed by atoms with van der Waals surface area (Å²) in [6, 6.07) is 13.0. The van der Waals surface area contributed by atoms with Crippen molar-refractivity contribution >= 4 is 46.1 Å². The monoisotopic (exact) mass is 522 g/mol. The van der Waals surface area contributed by atoms with Gasteiger partial charge in [-0.1, -0.05) is 53.5 Å². The Balaban J connectivity index is 1.41. The Labute approximate surface area is 219 Å². The predicted octanol–water partition coefficient (Wildman–Crippen LogP) is 6.36. The van der Waals surface area contributed by atoms with Crippen LogP contribution in [0.2, 0.25) is 10.0 Å². The number of benzene rings is 2. The average molecular weight is 523 g/mol. The highest BCUT2D eigenvalue weighted by atomic mass is 35.5. The van der Waals surface area contributed by atoms with E-state index in [0.29, 0.717) is 16.6 Å². The number of hydrogen-bond donors (Lipinski definition) is 4. The normalized spacial score (nSPS) is 15.3. The number of rotatable bonds is 8. The predicted molar refractivity (Wildman–Crippen MR) is 144 cm³/mol. The maximum absolute atomic E-state index is 11.4. The fraction of sp³-hybridized carbons (Fsp3) is 0.250. The lowest BCUT2D eigenvalue weighted by Gasteiger charge is -2.29. The van der Waals surface area contributed by atoms with E-state index in [2.05, 4.69) is 58.3 Å². The molecule has 0 fully saturated rings. The third kappa shape index (κ3) is 5.08. The van der Waals surface area contributed by atoms with Crippen LogP contribution in [0.5, 0.6) is 0 Å². The fourth-order valence-electron chi connectivity index (χ4n) is 5.16. The first-order valence-corrected chi connectivity index (χ1v) is 12.8. The van der Waals surface area contributed by atoms with Gasteiger partial charge in [-0.2, -0.15) is 0 Å². The number of aromatic nitrogens is 2. The number of carbonyl (C=O) groups is 1. The van der Waals surface area contributed by atoms with E-state index in [0.717, 1.165) is 42.6 Å². The summed E-state index contributed by atoms with van der Waals surface area (Å²) < 4.78 is 0. The molecule has 1 aliphatic carbocycles. The summed E-state index contributed by atoms with van der Waals surface area (Å²) in [6.45, 7) is 3.62. The fourth-order valence-corrected chi connectivity index (χ4v) is 5.50. The molecular weight excluding hydrogens is 495 g/mol. The molecule has 1 unspecified atom stereocenters. The molecule has 186 valence electrons. The molecule has 0 radical (unpaired) electrons. The van der Waals surface area contributed by atoms with Gasteiger partial charge in [-0.05, 0) is 66.1 Å². The summed E-state index contributed by atoms with van der Waals surface area (Å²) in [5, 5.41) is 11.1. The molecule has 0 saturated carbocycles. The SMILES string of the molecule is Cc1ccc2c(CCN(Cc3[nH]cc(Cl)c3Cl)C3CCc4cc(C=CC(=O)NO)ccc43)c[nH]c2c1. The van der Waals surface area contributed by atoms with Crippen molar-refractivity contribution in [3.63, 3.8) is 0 Å². The topological polar surface area (TPSA) is 84.2 Å². The number of halogens is 2. The smallest absolute Gasteiger partial charge is 0.267 e. The van der Waals surface area contributed by atoms with Crippen molar-refractivity contribution in [2.45, 2.75) is 38.8 Å². The summed E-state index contributed by atoms with van der Waals surface area (Å²) in [5.41, 5.74) is 9.73. The maximum atomic E-state index is 11.4. The molecule has 0 bridgehead atoms. The van der Waals surface area contributed by atoms with Gasteiger partial charge < -0.3 is 9.97 Å². The van der Waals surface area contributed by atoms with Crippen LogP contribution in [0.3, 0.4) is 0 Å². The number of H-pyrrole nitrogens is 2. The Kier molecular flexibility index (Phi) is 7.21. The zero-order chi connectivity index (χ0) is 25.2. The molecule has 8 heteroatoms. The number of fused-ring (bicyclic) bond motifs is 2. The lowest BCUT2D eigenvalue weighted by Crippen LogP contribution is -2.29. The van der Waals surface area contributed by atoms with Gasteiger partial charge in [0, 0.05) is 54.2 Å². The van der Waals surface area contributed by atoms with Crippen LogP contribution in [0.1, 0.15) is 46.0 Å². The lowest BCUT2D eigenvalue weighted by atomic mass is 10.0. The first-order chi connectivity index (χ1) is 17.4. The van der Waals surface area contributed by atoms with Crippen LogP contribution >= 0.6 is 23.2 Å². The third-order valence-corrected chi connectivity index (χ3v) is 7.82. The van der Waals surface area contributed by atoms with Crippen molar-refractivity contribution in [3.05, 3.63) is 98.4 Å². The van der Waals surface area contributed by atoms with E-state index in [1.165, 1.54) is 33.7 Å². The highest BCUT2D eigenvalue weighted by Crippen LogP contribution is 2.38. The minimum absolute atomic E-state index is 0.240. The molecule has 0 saturated heterocycles. The molecule has 2 aromatic heterocycles. The molecule has 1 aliphatic rings. The van der Waals surface area contributed by atoms with Crippen LogP contribution in [-0.2, 0) is 24.2 Å². The van der Waals surface area contributed by atoms with E-state index >= 15 is 0 Å². The minimum Gasteiger partial charge on any atom is -0.361 e. The van der Waals surface area contributed by atoms with Crippen LogP contribution in [0.4, 0.5) is 0 Å². The number of aromatic amines is 2. The Hall–Kier alpha value is -3.03. The van der Waals surface area contributed by atoms with Crippen molar-refractivity contribution in [2.75, 3.05) is 6.54 Å². The highest BCUT2D eigenvalue weighted by molar-refractivity contribution is 6.42.